The van der Waals surface area contributed by atoms with Gasteiger partial charge in [-0.3, -0.25) is 4.79 Å². The van der Waals surface area contributed by atoms with Crippen LogP contribution in [0.25, 0.3) is 0 Å². The molecular weight excluding hydrogens is 224 g/mol. The molecule has 0 aliphatic carbocycles. The van der Waals surface area contributed by atoms with Crippen LogP contribution in [0.15, 0.2) is 18.2 Å². The summed E-state index contributed by atoms with van der Waals surface area (Å²) in [5.41, 5.74) is 1.22. The SMILES string of the molecule is CCCCCCCCc1cc[c]c(OC(C)=O)c1. The predicted molar refractivity (Wildman–Crippen MR) is 73.7 cm³/mol. The lowest BCUT2D eigenvalue weighted by Crippen LogP contribution is -2.01. The molecule has 0 fully saturated rings. The van der Waals surface area contributed by atoms with E-state index < -0.39 is 0 Å². The smallest absolute Gasteiger partial charge is 0.308 e. The van der Waals surface area contributed by atoms with Crippen molar-refractivity contribution in [3.05, 3.63) is 29.8 Å². The summed E-state index contributed by atoms with van der Waals surface area (Å²) < 4.78 is 5.02. The highest BCUT2D eigenvalue weighted by atomic mass is 16.5. The van der Waals surface area contributed by atoms with Crippen molar-refractivity contribution in [3.63, 3.8) is 0 Å². The van der Waals surface area contributed by atoms with Gasteiger partial charge in [-0.25, -0.2) is 0 Å². The van der Waals surface area contributed by atoms with Gasteiger partial charge in [0.2, 0.25) is 0 Å². The zero-order valence-electron chi connectivity index (χ0n) is 11.5. The number of carbonyl (C=O) groups is 1. The molecule has 0 atom stereocenters. The molecule has 0 bridgehead atoms. The molecule has 18 heavy (non-hydrogen) atoms. The van der Waals surface area contributed by atoms with E-state index in [1.54, 1.807) is 0 Å². The van der Waals surface area contributed by atoms with Crippen LogP contribution in [-0.4, -0.2) is 5.97 Å². The molecule has 0 aliphatic rings. The van der Waals surface area contributed by atoms with Gasteiger partial charge >= 0.3 is 5.97 Å². The highest BCUT2D eigenvalue weighted by Gasteiger charge is 2.00. The summed E-state index contributed by atoms with van der Waals surface area (Å²) in [5, 5.41) is 0. The predicted octanol–water partition coefficient (Wildman–Crippen LogP) is 4.32. The van der Waals surface area contributed by atoms with E-state index in [9.17, 15) is 4.79 Å². The first kappa shape index (κ1) is 14.7. The van der Waals surface area contributed by atoms with Crippen molar-refractivity contribution >= 4 is 5.97 Å². The van der Waals surface area contributed by atoms with Gasteiger partial charge in [-0.15, -0.1) is 0 Å². The van der Waals surface area contributed by atoms with Crippen LogP contribution in [0.2, 0.25) is 0 Å². The largest absolute Gasteiger partial charge is 0.426 e. The summed E-state index contributed by atoms with van der Waals surface area (Å²) in [7, 11) is 0. The van der Waals surface area contributed by atoms with E-state index in [4.69, 9.17) is 4.74 Å². The maximum atomic E-state index is 10.8. The van der Waals surface area contributed by atoms with Crippen LogP contribution in [0, 0.1) is 6.07 Å². The molecule has 1 aromatic rings. The topological polar surface area (TPSA) is 26.3 Å². The lowest BCUT2D eigenvalue weighted by atomic mass is 10.0. The number of hydrogen-bond donors (Lipinski definition) is 0. The molecule has 1 rings (SSSR count). The molecule has 2 heteroatoms. The number of aryl methyl sites for hydroxylation is 1. The average Bonchev–Trinajstić information content (AvgIpc) is 2.33. The van der Waals surface area contributed by atoms with E-state index in [1.165, 1.54) is 51.0 Å². The summed E-state index contributed by atoms with van der Waals surface area (Å²) in [6.45, 7) is 3.64. The molecule has 0 unspecified atom stereocenters. The van der Waals surface area contributed by atoms with Crippen LogP contribution in [0.3, 0.4) is 0 Å². The number of rotatable bonds is 8. The zero-order chi connectivity index (χ0) is 13.2. The van der Waals surface area contributed by atoms with E-state index in [0.29, 0.717) is 5.75 Å². The van der Waals surface area contributed by atoms with Gasteiger partial charge < -0.3 is 4.74 Å². The molecular formula is C16H23O2. The van der Waals surface area contributed by atoms with Crippen molar-refractivity contribution in [2.45, 2.75) is 58.8 Å². The number of benzene rings is 1. The third-order valence-electron chi connectivity index (χ3n) is 2.91. The fraction of sp³-hybridized carbons (Fsp3) is 0.562. The van der Waals surface area contributed by atoms with Crippen LogP contribution in [0.4, 0.5) is 0 Å². The highest BCUT2D eigenvalue weighted by molar-refractivity contribution is 5.69. The Hall–Kier alpha value is -1.31. The molecule has 0 heterocycles. The Morgan fingerprint density at radius 1 is 1.22 bits per heavy atom. The minimum absolute atomic E-state index is 0.289. The molecule has 1 radical (unpaired) electrons. The first-order chi connectivity index (χ1) is 8.72. The first-order valence-electron chi connectivity index (χ1n) is 6.91. The summed E-state index contributed by atoms with van der Waals surface area (Å²) in [4.78, 5) is 10.8. The molecule has 0 aliphatic heterocycles. The van der Waals surface area contributed by atoms with Crippen LogP contribution in [-0.2, 0) is 11.2 Å². The third-order valence-corrected chi connectivity index (χ3v) is 2.91. The highest BCUT2D eigenvalue weighted by Crippen LogP contribution is 2.15. The van der Waals surface area contributed by atoms with Gasteiger partial charge in [0.05, 0.1) is 0 Å². The van der Waals surface area contributed by atoms with E-state index in [-0.39, 0.29) is 5.97 Å². The lowest BCUT2D eigenvalue weighted by Gasteiger charge is -2.05. The van der Waals surface area contributed by atoms with Crippen molar-refractivity contribution in [1.82, 2.24) is 0 Å². The van der Waals surface area contributed by atoms with Crippen molar-refractivity contribution in [2.24, 2.45) is 0 Å². The summed E-state index contributed by atoms with van der Waals surface area (Å²) >= 11 is 0. The van der Waals surface area contributed by atoms with Gasteiger partial charge in [0, 0.05) is 13.0 Å². The average molecular weight is 247 g/mol. The number of unbranched alkanes of at least 4 members (excludes halogenated alkanes) is 5. The van der Waals surface area contributed by atoms with E-state index >= 15 is 0 Å². The molecule has 1 aromatic carbocycles. The Morgan fingerprint density at radius 3 is 2.67 bits per heavy atom. The molecule has 0 N–H and O–H groups in total. The van der Waals surface area contributed by atoms with Crippen LogP contribution in [0.5, 0.6) is 5.75 Å². The summed E-state index contributed by atoms with van der Waals surface area (Å²) in [5.74, 6) is 0.244. The molecule has 0 spiro atoms. The molecule has 0 saturated heterocycles. The second-order valence-electron chi connectivity index (χ2n) is 4.67. The number of hydrogen-bond acceptors (Lipinski definition) is 2. The lowest BCUT2D eigenvalue weighted by molar-refractivity contribution is -0.131. The number of ether oxygens (including phenoxy) is 1. The normalized spacial score (nSPS) is 10.3. The second-order valence-corrected chi connectivity index (χ2v) is 4.67. The Morgan fingerprint density at radius 2 is 1.94 bits per heavy atom. The molecule has 2 nitrogen and oxygen atoms in total. The first-order valence-corrected chi connectivity index (χ1v) is 6.91. The number of carbonyl (C=O) groups excluding carboxylic acids is 1. The number of esters is 1. The maximum Gasteiger partial charge on any atom is 0.308 e. The second kappa shape index (κ2) is 8.73. The summed E-state index contributed by atoms with van der Waals surface area (Å²) in [6, 6.07) is 8.69. The van der Waals surface area contributed by atoms with Gasteiger partial charge in [0.25, 0.3) is 0 Å². The van der Waals surface area contributed by atoms with E-state index in [2.05, 4.69) is 13.0 Å². The molecule has 0 saturated carbocycles. The van der Waals surface area contributed by atoms with Crippen molar-refractivity contribution < 1.29 is 9.53 Å². The van der Waals surface area contributed by atoms with Crippen molar-refractivity contribution in [3.8, 4) is 5.75 Å². The van der Waals surface area contributed by atoms with Crippen LogP contribution >= 0.6 is 0 Å². The van der Waals surface area contributed by atoms with E-state index in [1.807, 2.05) is 18.2 Å². The molecule has 0 aromatic heterocycles. The van der Waals surface area contributed by atoms with Gasteiger partial charge in [0.1, 0.15) is 5.75 Å². The van der Waals surface area contributed by atoms with Gasteiger partial charge in [-0.05, 0) is 24.5 Å². The maximum absolute atomic E-state index is 10.8. The summed E-state index contributed by atoms with van der Waals surface area (Å²) in [6.07, 6.45) is 8.84. The Labute approximate surface area is 110 Å². The minimum Gasteiger partial charge on any atom is -0.426 e. The van der Waals surface area contributed by atoms with Crippen molar-refractivity contribution in [2.75, 3.05) is 0 Å². The van der Waals surface area contributed by atoms with E-state index in [0.717, 1.165) is 6.42 Å². The zero-order valence-corrected chi connectivity index (χ0v) is 11.5. The Balaban J connectivity index is 2.27. The van der Waals surface area contributed by atoms with Crippen molar-refractivity contribution in [1.29, 1.82) is 0 Å². The monoisotopic (exact) mass is 247 g/mol. The third kappa shape index (κ3) is 6.43. The fourth-order valence-electron chi connectivity index (χ4n) is 1.97. The van der Waals surface area contributed by atoms with Gasteiger partial charge in [-0.2, -0.15) is 0 Å². The molecule has 0 amide bonds. The van der Waals surface area contributed by atoms with Gasteiger partial charge in [0.15, 0.2) is 0 Å². The molecule has 99 valence electrons. The Kier molecular flexibility index (Phi) is 7.16. The fourth-order valence-corrected chi connectivity index (χ4v) is 1.97. The standard InChI is InChI=1S/C16H23O2/c1-3-4-5-6-7-8-10-15-11-9-12-16(13-15)18-14(2)17/h9,11,13H,3-8,10H2,1-2H3. The van der Waals surface area contributed by atoms with Crippen LogP contribution < -0.4 is 4.74 Å². The van der Waals surface area contributed by atoms with Gasteiger partial charge in [-0.1, -0.05) is 51.2 Å². The quantitative estimate of drug-likeness (QED) is 0.388. The van der Waals surface area contributed by atoms with Crippen LogP contribution in [0.1, 0.15) is 57.9 Å². The Bertz CT molecular complexity index is 358. The minimum atomic E-state index is -0.289.